The molecule has 1 aliphatic rings. The molecule has 0 bridgehead atoms. The number of benzene rings is 1. The van der Waals surface area contributed by atoms with Gasteiger partial charge in [0.1, 0.15) is 17.7 Å². The molecule has 1 saturated heterocycles. The molecule has 7 heteroatoms. The van der Waals surface area contributed by atoms with Gasteiger partial charge in [0.2, 0.25) is 5.91 Å². The summed E-state index contributed by atoms with van der Waals surface area (Å²) in [5.74, 6) is -2.40. The van der Waals surface area contributed by atoms with Crippen molar-refractivity contribution in [2.75, 3.05) is 19.6 Å². The smallest absolute Gasteiger partial charge is 0.262 e. The molecule has 1 heterocycles. The molecule has 0 aliphatic carbocycles. The summed E-state index contributed by atoms with van der Waals surface area (Å²) >= 11 is 0. The van der Waals surface area contributed by atoms with Crippen LogP contribution in [0, 0.1) is 11.6 Å². The van der Waals surface area contributed by atoms with Crippen molar-refractivity contribution in [3.05, 3.63) is 35.4 Å². The van der Waals surface area contributed by atoms with Crippen LogP contribution in [-0.2, 0) is 4.79 Å². The number of nitrogens with one attached hydrogen (secondary N) is 1. The Morgan fingerprint density at radius 2 is 2.00 bits per heavy atom. The van der Waals surface area contributed by atoms with Crippen molar-refractivity contribution in [2.24, 2.45) is 0 Å². The summed E-state index contributed by atoms with van der Waals surface area (Å²) in [5, 5.41) is 2.08. The molecule has 1 amide bonds. The number of likely N-dealkylation sites (tertiary alicyclic amines) is 1. The lowest BCUT2D eigenvalue weighted by atomic mass is 10.1. The second-order valence-electron chi connectivity index (χ2n) is 4.99. The zero-order chi connectivity index (χ0) is 15.4. The van der Waals surface area contributed by atoms with Gasteiger partial charge in [-0.05, 0) is 37.7 Å². The van der Waals surface area contributed by atoms with Crippen LogP contribution in [-0.4, -0.2) is 36.9 Å². The second-order valence-corrected chi connectivity index (χ2v) is 4.99. The molecular formula is C14H16F4N2O. The predicted molar refractivity (Wildman–Crippen MR) is 68.9 cm³/mol. The Balaban J connectivity index is 2.00. The summed E-state index contributed by atoms with van der Waals surface area (Å²) in [6.07, 6.45) is -1.90. The van der Waals surface area contributed by atoms with Crippen LogP contribution in [0.15, 0.2) is 18.2 Å². The van der Waals surface area contributed by atoms with E-state index in [0.29, 0.717) is 12.6 Å². The Morgan fingerprint density at radius 1 is 1.29 bits per heavy atom. The van der Waals surface area contributed by atoms with Crippen molar-refractivity contribution in [1.29, 1.82) is 0 Å². The highest BCUT2D eigenvalue weighted by molar-refractivity contribution is 5.76. The zero-order valence-electron chi connectivity index (χ0n) is 11.3. The maximum Gasteiger partial charge on any atom is 0.262 e. The molecule has 1 aromatic rings. The van der Waals surface area contributed by atoms with Crippen molar-refractivity contribution >= 4 is 5.91 Å². The predicted octanol–water partition coefficient (Wildman–Crippen LogP) is 2.48. The van der Waals surface area contributed by atoms with E-state index in [1.807, 2.05) is 4.90 Å². The van der Waals surface area contributed by atoms with Crippen LogP contribution in [0.2, 0.25) is 0 Å². The number of amides is 1. The molecule has 116 valence electrons. The molecule has 1 aliphatic heterocycles. The first-order valence-corrected chi connectivity index (χ1v) is 6.72. The van der Waals surface area contributed by atoms with E-state index in [9.17, 15) is 22.4 Å². The molecule has 1 aromatic carbocycles. The van der Waals surface area contributed by atoms with Gasteiger partial charge in [-0.15, -0.1) is 0 Å². The minimum absolute atomic E-state index is 0.0557. The van der Waals surface area contributed by atoms with Gasteiger partial charge in [-0.25, -0.2) is 17.6 Å². The topological polar surface area (TPSA) is 32.3 Å². The monoisotopic (exact) mass is 304 g/mol. The average Bonchev–Trinajstić information content (AvgIpc) is 2.37. The van der Waals surface area contributed by atoms with Crippen LogP contribution in [0.25, 0.3) is 0 Å². The molecule has 3 nitrogen and oxygen atoms in total. The molecule has 1 N–H and O–H groups in total. The number of carbonyl (C=O) groups is 1. The van der Waals surface area contributed by atoms with Crippen molar-refractivity contribution in [3.8, 4) is 0 Å². The standard InChI is InChI=1S/C14H16F4N2O/c15-9-2-3-11(16)10(8-9)13(14(17)18)19-12(21)4-7-20-5-1-6-20/h2-3,8,13-14H,1,4-7H2,(H,19,21)/t13-/m1/s1. The summed E-state index contributed by atoms with van der Waals surface area (Å²) in [6.45, 7) is 2.27. The Morgan fingerprint density at radius 3 is 2.57 bits per heavy atom. The minimum Gasteiger partial charge on any atom is -0.343 e. The quantitative estimate of drug-likeness (QED) is 0.819. The zero-order valence-corrected chi connectivity index (χ0v) is 11.3. The molecule has 0 aromatic heterocycles. The van der Waals surface area contributed by atoms with Gasteiger partial charge in [0.15, 0.2) is 0 Å². The summed E-state index contributed by atoms with van der Waals surface area (Å²) < 4.78 is 52.7. The molecule has 0 saturated carbocycles. The van der Waals surface area contributed by atoms with Crippen molar-refractivity contribution < 1.29 is 22.4 Å². The fraction of sp³-hybridized carbons (Fsp3) is 0.500. The van der Waals surface area contributed by atoms with Gasteiger partial charge in [-0.2, -0.15) is 0 Å². The highest BCUT2D eigenvalue weighted by atomic mass is 19.3. The van der Waals surface area contributed by atoms with Crippen LogP contribution < -0.4 is 5.32 Å². The fourth-order valence-corrected chi connectivity index (χ4v) is 2.14. The van der Waals surface area contributed by atoms with Gasteiger partial charge in [-0.1, -0.05) is 0 Å². The van der Waals surface area contributed by atoms with Gasteiger partial charge < -0.3 is 10.2 Å². The van der Waals surface area contributed by atoms with Crippen LogP contribution >= 0.6 is 0 Å². The molecule has 0 radical (unpaired) electrons. The fourth-order valence-electron chi connectivity index (χ4n) is 2.14. The van der Waals surface area contributed by atoms with E-state index in [4.69, 9.17) is 0 Å². The third kappa shape index (κ3) is 4.17. The second kappa shape index (κ2) is 6.89. The van der Waals surface area contributed by atoms with E-state index < -0.39 is 35.6 Å². The SMILES string of the molecule is O=C(CCN1CCC1)N[C@H](c1cc(F)ccc1F)C(F)F. The molecule has 1 atom stereocenters. The average molecular weight is 304 g/mol. The van der Waals surface area contributed by atoms with Gasteiger partial charge in [0.05, 0.1) is 0 Å². The van der Waals surface area contributed by atoms with Crippen LogP contribution in [0.1, 0.15) is 24.4 Å². The lowest BCUT2D eigenvalue weighted by molar-refractivity contribution is -0.123. The van der Waals surface area contributed by atoms with Gasteiger partial charge in [0.25, 0.3) is 6.43 Å². The number of nitrogens with zero attached hydrogens (tertiary/aromatic N) is 1. The van der Waals surface area contributed by atoms with Crippen molar-refractivity contribution in [2.45, 2.75) is 25.3 Å². The Labute approximate surface area is 119 Å². The van der Waals surface area contributed by atoms with E-state index >= 15 is 0 Å². The third-order valence-electron chi connectivity index (χ3n) is 3.47. The summed E-state index contributed by atoms with van der Waals surface area (Å²) in [6, 6.07) is 0.450. The number of hydrogen-bond donors (Lipinski definition) is 1. The lowest BCUT2D eigenvalue weighted by Gasteiger charge is -2.30. The number of halogens is 4. The number of rotatable bonds is 6. The van der Waals surface area contributed by atoms with Crippen LogP contribution in [0.4, 0.5) is 17.6 Å². The third-order valence-corrected chi connectivity index (χ3v) is 3.47. The van der Waals surface area contributed by atoms with E-state index in [0.717, 1.165) is 31.6 Å². The first-order valence-electron chi connectivity index (χ1n) is 6.72. The van der Waals surface area contributed by atoms with Crippen LogP contribution in [0.5, 0.6) is 0 Å². The van der Waals surface area contributed by atoms with E-state index in [-0.39, 0.29) is 6.42 Å². The van der Waals surface area contributed by atoms with E-state index in [1.165, 1.54) is 0 Å². The molecule has 2 rings (SSSR count). The largest absolute Gasteiger partial charge is 0.343 e. The molecular weight excluding hydrogens is 288 g/mol. The molecule has 0 unspecified atom stereocenters. The minimum atomic E-state index is -3.02. The molecule has 1 fully saturated rings. The van der Waals surface area contributed by atoms with E-state index in [1.54, 1.807) is 0 Å². The van der Waals surface area contributed by atoms with Gasteiger partial charge in [-0.3, -0.25) is 4.79 Å². The first kappa shape index (κ1) is 15.8. The number of carbonyl (C=O) groups excluding carboxylic acids is 1. The number of alkyl halides is 2. The van der Waals surface area contributed by atoms with Crippen LogP contribution in [0.3, 0.4) is 0 Å². The van der Waals surface area contributed by atoms with Gasteiger partial charge in [0, 0.05) is 18.5 Å². The highest BCUT2D eigenvalue weighted by Crippen LogP contribution is 2.24. The Kier molecular flexibility index (Phi) is 5.17. The molecule has 0 spiro atoms. The first-order chi connectivity index (χ1) is 9.97. The molecule has 21 heavy (non-hydrogen) atoms. The summed E-state index contributed by atoms with van der Waals surface area (Å²) in [4.78, 5) is 13.7. The van der Waals surface area contributed by atoms with E-state index in [2.05, 4.69) is 5.32 Å². The van der Waals surface area contributed by atoms with Crippen molar-refractivity contribution in [1.82, 2.24) is 10.2 Å². The maximum atomic E-state index is 13.5. The summed E-state index contributed by atoms with van der Waals surface area (Å²) in [7, 11) is 0. The maximum absolute atomic E-state index is 13.5. The highest BCUT2D eigenvalue weighted by Gasteiger charge is 2.27. The van der Waals surface area contributed by atoms with Crippen molar-refractivity contribution in [3.63, 3.8) is 0 Å². The lowest BCUT2D eigenvalue weighted by Crippen LogP contribution is -2.41. The Hall–Kier alpha value is -1.63. The Bertz CT molecular complexity index is 506. The summed E-state index contributed by atoms with van der Waals surface area (Å²) in [5.41, 5.74) is -0.540. The van der Waals surface area contributed by atoms with Gasteiger partial charge >= 0.3 is 0 Å². The normalized spacial score (nSPS) is 16.6. The number of hydrogen-bond acceptors (Lipinski definition) is 2.